The summed E-state index contributed by atoms with van der Waals surface area (Å²) in [7, 11) is 0. The average molecular weight is 487 g/mol. The molecule has 178 valence electrons. The Morgan fingerprint density at radius 1 is 0.778 bits per heavy atom. The van der Waals surface area contributed by atoms with Crippen LogP contribution in [0.1, 0.15) is 11.4 Å². The van der Waals surface area contributed by atoms with Crippen LogP contribution in [0.25, 0.3) is 39.5 Å². The number of alkyl halides is 3. The molecule has 0 spiro atoms. The molecular formula is C27H17F4N5. The highest BCUT2D eigenvalue weighted by Gasteiger charge is 2.31. The molecule has 5 nitrogen and oxygen atoms in total. The molecular weight excluding hydrogens is 470 g/mol. The lowest BCUT2D eigenvalue weighted by atomic mass is 10.2. The summed E-state index contributed by atoms with van der Waals surface area (Å²) in [6.45, 7) is 0.267. The van der Waals surface area contributed by atoms with Crippen molar-refractivity contribution >= 4 is 11.0 Å². The molecule has 0 radical (unpaired) electrons. The Morgan fingerprint density at radius 3 is 2.39 bits per heavy atom. The molecule has 0 bridgehead atoms. The predicted octanol–water partition coefficient (Wildman–Crippen LogP) is 6.60. The van der Waals surface area contributed by atoms with Crippen LogP contribution in [0, 0.1) is 5.82 Å². The van der Waals surface area contributed by atoms with E-state index in [4.69, 9.17) is 4.98 Å². The van der Waals surface area contributed by atoms with E-state index in [1.807, 2.05) is 28.8 Å². The highest BCUT2D eigenvalue weighted by Crippen LogP contribution is 2.32. The van der Waals surface area contributed by atoms with Gasteiger partial charge in [-0.15, -0.1) is 0 Å². The molecule has 0 saturated carbocycles. The van der Waals surface area contributed by atoms with E-state index >= 15 is 0 Å². The van der Waals surface area contributed by atoms with Crippen molar-refractivity contribution in [2.24, 2.45) is 0 Å². The summed E-state index contributed by atoms with van der Waals surface area (Å²) in [5.74, 6) is 0.432. The number of hydrogen-bond acceptors (Lipinski definition) is 3. The van der Waals surface area contributed by atoms with Crippen LogP contribution in [0.4, 0.5) is 17.6 Å². The molecule has 4 aromatic rings. The van der Waals surface area contributed by atoms with Crippen LogP contribution in [0.5, 0.6) is 0 Å². The fourth-order valence-corrected chi connectivity index (χ4v) is 4.27. The number of fused-ring (bicyclic) bond motifs is 2. The molecule has 0 saturated heterocycles. The second kappa shape index (κ2) is 8.30. The normalized spacial score (nSPS) is 12.0. The van der Waals surface area contributed by atoms with Crippen molar-refractivity contribution in [3.05, 3.63) is 108 Å². The van der Waals surface area contributed by atoms with Crippen LogP contribution in [-0.2, 0) is 12.7 Å². The molecule has 3 heterocycles. The zero-order valence-electron chi connectivity index (χ0n) is 18.6. The fraction of sp³-hybridized carbons (Fsp3) is 0.0741. The maximum absolute atomic E-state index is 14.2. The summed E-state index contributed by atoms with van der Waals surface area (Å²) in [6.07, 6.45) is -0.904. The number of para-hydroxylation sites is 2. The summed E-state index contributed by atoms with van der Waals surface area (Å²) < 4.78 is 58.0. The minimum absolute atomic E-state index is 0.267. The zero-order valence-corrected chi connectivity index (χ0v) is 18.6. The first-order chi connectivity index (χ1) is 17.4. The quantitative estimate of drug-likeness (QED) is 0.264. The maximum Gasteiger partial charge on any atom is 0.416 e. The molecule has 6 rings (SSSR count). The lowest BCUT2D eigenvalue weighted by Crippen LogP contribution is -2.10. The van der Waals surface area contributed by atoms with Crippen LogP contribution < -0.4 is 0 Å². The number of benzene rings is 3. The summed E-state index contributed by atoms with van der Waals surface area (Å²) in [4.78, 5) is 13.6. The van der Waals surface area contributed by atoms with Crippen LogP contribution in [0.3, 0.4) is 0 Å². The van der Waals surface area contributed by atoms with Crippen molar-refractivity contribution in [1.29, 1.82) is 0 Å². The minimum Gasteiger partial charge on any atom is -0.344 e. The van der Waals surface area contributed by atoms with E-state index in [1.54, 1.807) is 47.3 Å². The largest absolute Gasteiger partial charge is 0.416 e. The molecule has 3 aromatic carbocycles. The lowest BCUT2D eigenvalue weighted by molar-refractivity contribution is -0.137. The van der Waals surface area contributed by atoms with Crippen LogP contribution in [-0.4, -0.2) is 24.1 Å². The Labute approximate surface area is 202 Å². The zero-order chi connectivity index (χ0) is 24.9. The van der Waals surface area contributed by atoms with Gasteiger partial charge in [-0.3, -0.25) is 4.57 Å². The van der Waals surface area contributed by atoms with E-state index in [1.165, 1.54) is 12.1 Å². The van der Waals surface area contributed by atoms with Crippen molar-refractivity contribution in [2.75, 3.05) is 0 Å². The molecule has 36 heavy (non-hydrogen) atoms. The smallest absolute Gasteiger partial charge is 0.344 e. The first-order valence-electron chi connectivity index (χ1n) is 11.1. The van der Waals surface area contributed by atoms with Gasteiger partial charge in [-0.2, -0.15) is 13.2 Å². The molecule has 0 unspecified atom stereocenters. The number of aromatic nitrogens is 5. The molecule has 0 amide bonds. The van der Waals surface area contributed by atoms with Gasteiger partial charge in [-0.25, -0.2) is 19.3 Å². The van der Waals surface area contributed by atoms with Crippen molar-refractivity contribution in [3.63, 3.8) is 0 Å². The molecule has 0 atom stereocenters. The van der Waals surface area contributed by atoms with Gasteiger partial charge in [0.1, 0.15) is 17.3 Å². The number of halogens is 4. The van der Waals surface area contributed by atoms with E-state index < -0.39 is 17.6 Å². The van der Waals surface area contributed by atoms with Crippen molar-refractivity contribution in [2.45, 2.75) is 12.7 Å². The summed E-state index contributed by atoms with van der Waals surface area (Å²) in [5, 5.41) is 0. The molecule has 0 aliphatic carbocycles. The second-order valence-corrected chi connectivity index (χ2v) is 8.31. The Bertz CT molecular complexity index is 1680. The van der Waals surface area contributed by atoms with Gasteiger partial charge < -0.3 is 4.57 Å². The highest BCUT2D eigenvalue weighted by atomic mass is 19.4. The summed E-state index contributed by atoms with van der Waals surface area (Å²) in [6, 6.07) is 20.5. The molecule has 0 fully saturated rings. The minimum atomic E-state index is -4.46. The van der Waals surface area contributed by atoms with Gasteiger partial charge in [0.2, 0.25) is 0 Å². The third-order valence-corrected chi connectivity index (χ3v) is 5.93. The SMILES string of the molecule is Fc1ccccc1-c1nc2ccn(Cc3nc4ccccc4n3-c3cccc(C(F)(F)F)c3)cc-2n1. The van der Waals surface area contributed by atoms with Crippen LogP contribution >= 0.6 is 0 Å². The van der Waals surface area contributed by atoms with Gasteiger partial charge in [0.25, 0.3) is 0 Å². The van der Waals surface area contributed by atoms with E-state index in [9.17, 15) is 17.6 Å². The van der Waals surface area contributed by atoms with Crippen LogP contribution in [0.2, 0.25) is 0 Å². The Kier molecular flexibility index (Phi) is 5.06. The lowest BCUT2D eigenvalue weighted by Gasteiger charge is -2.14. The Hall–Kier alpha value is -4.53. The number of imidazole rings is 2. The molecule has 9 heteroatoms. The predicted molar refractivity (Wildman–Crippen MR) is 127 cm³/mol. The standard InChI is InChI=1S/C27H17F4N5/c28-20-9-2-1-8-19(20)26-33-21-12-13-35(15-23(21)34-26)16-25-32-22-10-3-4-11-24(22)36(25)18-7-5-6-17(14-18)27(29,30)31/h1-15H,16H2. The van der Waals surface area contributed by atoms with Gasteiger partial charge in [0.15, 0.2) is 5.82 Å². The van der Waals surface area contributed by atoms with E-state index in [-0.39, 0.29) is 12.4 Å². The van der Waals surface area contributed by atoms with Crippen molar-refractivity contribution in [1.82, 2.24) is 24.1 Å². The first-order valence-corrected chi connectivity index (χ1v) is 11.1. The number of pyridine rings is 1. The number of hydrogen-bond donors (Lipinski definition) is 0. The van der Waals surface area contributed by atoms with Gasteiger partial charge in [0, 0.05) is 18.1 Å². The van der Waals surface area contributed by atoms with Gasteiger partial charge >= 0.3 is 6.18 Å². The van der Waals surface area contributed by atoms with E-state index in [2.05, 4.69) is 9.97 Å². The van der Waals surface area contributed by atoms with E-state index in [0.29, 0.717) is 39.5 Å². The first kappa shape index (κ1) is 22.0. The Morgan fingerprint density at radius 2 is 1.56 bits per heavy atom. The molecule has 0 N–H and O–H groups in total. The van der Waals surface area contributed by atoms with Crippen molar-refractivity contribution in [3.8, 4) is 28.5 Å². The van der Waals surface area contributed by atoms with E-state index in [0.717, 1.165) is 12.1 Å². The maximum atomic E-state index is 14.2. The highest BCUT2D eigenvalue weighted by molar-refractivity contribution is 5.78. The Balaban J connectivity index is 1.43. The van der Waals surface area contributed by atoms with Gasteiger partial charge in [0.05, 0.1) is 34.4 Å². The summed E-state index contributed by atoms with van der Waals surface area (Å²) >= 11 is 0. The van der Waals surface area contributed by atoms with Crippen molar-refractivity contribution < 1.29 is 17.6 Å². The topological polar surface area (TPSA) is 48.5 Å². The second-order valence-electron chi connectivity index (χ2n) is 8.31. The summed E-state index contributed by atoms with van der Waals surface area (Å²) in [5.41, 5.74) is 2.49. The third kappa shape index (κ3) is 3.88. The van der Waals surface area contributed by atoms with Crippen LogP contribution in [0.15, 0.2) is 91.3 Å². The molecule has 2 aliphatic heterocycles. The fourth-order valence-electron chi connectivity index (χ4n) is 4.27. The third-order valence-electron chi connectivity index (χ3n) is 5.93. The molecule has 2 aliphatic rings. The monoisotopic (exact) mass is 487 g/mol. The van der Waals surface area contributed by atoms with Gasteiger partial charge in [-0.1, -0.05) is 30.3 Å². The number of nitrogens with zero attached hydrogens (tertiary/aromatic N) is 5. The number of rotatable bonds is 4. The van der Waals surface area contributed by atoms with Gasteiger partial charge in [-0.05, 0) is 48.5 Å². The average Bonchev–Trinajstić information content (AvgIpc) is 3.44. The molecule has 1 aromatic heterocycles.